The van der Waals surface area contributed by atoms with E-state index in [1.807, 2.05) is 24.3 Å². The molecule has 0 radical (unpaired) electrons. The molecular formula is C24H30N2O5. The van der Waals surface area contributed by atoms with Crippen LogP contribution in [0.15, 0.2) is 48.5 Å². The Bertz CT molecular complexity index is 877. The first-order valence-corrected chi connectivity index (χ1v) is 10.5. The Morgan fingerprint density at radius 2 is 1.55 bits per heavy atom. The van der Waals surface area contributed by atoms with Gasteiger partial charge in [0.1, 0.15) is 12.2 Å². The molecule has 1 aliphatic rings. The van der Waals surface area contributed by atoms with E-state index >= 15 is 0 Å². The van der Waals surface area contributed by atoms with Crippen molar-refractivity contribution in [2.75, 3.05) is 19.7 Å². The average molecular weight is 427 g/mol. The zero-order valence-electron chi connectivity index (χ0n) is 18.2. The number of nitrogens with one attached hydrogen (secondary N) is 2. The number of hydrogen-bond donors (Lipinski definition) is 3. The van der Waals surface area contributed by atoms with Crippen LogP contribution in [-0.2, 0) is 9.47 Å². The minimum absolute atomic E-state index is 0.00164. The van der Waals surface area contributed by atoms with Crippen molar-refractivity contribution < 1.29 is 24.2 Å². The molecule has 1 atom stereocenters. The van der Waals surface area contributed by atoms with E-state index in [1.54, 1.807) is 20.8 Å². The molecule has 7 heteroatoms. The second-order valence-electron chi connectivity index (χ2n) is 8.58. The van der Waals surface area contributed by atoms with E-state index < -0.39 is 23.9 Å². The Morgan fingerprint density at radius 1 is 0.968 bits per heavy atom. The van der Waals surface area contributed by atoms with Crippen molar-refractivity contribution in [2.24, 2.45) is 0 Å². The Labute approximate surface area is 182 Å². The second-order valence-corrected chi connectivity index (χ2v) is 8.58. The lowest BCUT2D eigenvalue weighted by Crippen LogP contribution is -2.38. The summed E-state index contributed by atoms with van der Waals surface area (Å²) >= 11 is 0. The number of aliphatic hydroxyl groups is 1. The largest absolute Gasteiger partial charge is 0.449 e. The first-order valence-electron chi connectivity index (χ1n) is 10.5. The van der Waals surface area contributed by atoms with Crippen molar-refractivity contribution >= 4 is 12.2 Å². The van der Waals surface area contributed by atoms with Gasteiger partial charge in [-0.15, -0.1) is 0 Å². The van der Waals surface area contributed by atoms with Crippen molar-refractivity contribution in [3.8, 4) is 11.1 Å². The number of rotatable bonds is 7. The zero-order valence-corrected chi connectivity index (χ0v) is 18.2. The molecule has 3 rings (SSSR count). The quantitative estimate of drug-likeness (QED) is 0.626. The predicted molar refractivity (Wildman–Crippen MR) is 118 cm³/mol. The molecule has 0 saturated heterocycles. The molecule has 3 N–H and O–H groups in total. The van der Waals surface area contributed by atoms with Crippen molar-refractivity contribution in [3.05, 3.63) is 59.7 Å². The van der Waals surface area contributed by atoms with Crippen LogP contribution in [0.1, 0.15) is 44.2 Å². The minimum atomic E-state index is -0.804. The van der Waals surface area contributed by atoms with Crippen molar-refractivity contribution in [1.29, 1.82) is 0 Å². The number of alkyl carbamates (subject to hydrolysis) is 2. The summed E-state index contributed by atoms with van der Waals surface area (Å²) in [6.07, 6.45) is -1.65. The van der Waals surface area contributed by atoms with E-state index in [9.17, 15) is 14.7 Å². The van der Waals surface area contributed by atoms with E-state index in [0.29, 0.717) is 0 Å². The standard InChI is InChI=1S/C24H30N2O5/c1-24(2,3)31-23(29)26-14-16(27)12-13-25-22(28)30-15-21-19-10-6-4-8-17(19)18-9-5-7-11-20(18)21/h4-11,16,21,27H,12-15H2,1-3H3,(H,25,28)(H,26,29). The number of aliphatic hydroxyl groups excluding tert-OH is 1. The number of carbonyl (C=O) groups is 2. The fourth-order valence-corrected chi connectivity index (χ4v) is 3.61. The van der Waals surface area contributed by atoms with Gasteiger partial charge in [-0.3, -0.25) is 0 Å². The van der Waals surface area contributed by atoms with Gasteiger partial charge in [0.25, 0.3) is 0 Å². The summed E-state index contributed by atoms with van der Waals surface area (Å²) in [7, 11) is 0. The lowest BCUT2D eigenvalue weighted by Gasteiger charge is -2.20. The van der Waals surface area contributed by atoms with E-state index in [0.717, 1.165) is 11.1 Å². The van der Waals surface area contributed by atoms with Gasteiger partial charge in [0.15, 0.2) is 0 Å². The van der Waals surface area contributed by atoms with Crippen LogP contribution >= 0.6 is 0 Å². The molecule has 2 amide bonds. The third-order valence-corrected chi connectivity index (χ3v) is 4.97. The fourth-order valence-electron chi connectivity index (χ4n) is 3.61. The highest BCUT2D eigenvalue weighted by molar-refractivity contribution is 5.79. The minimum Gasteiger partial charge on any atom is -0.449 e. The third kappa shape index (κ3) is 6.21. The molecule has 1 aliphatic carbocycles. The van der Waals surface area contributed by atoms with Crippen molar-refractivity contribution in [1.82, 2.24) is 10.6 Å². The summed E-state index contributed by atoms with van der Waals surface area (Å²) in [4.78, 5) is 23.7. The van der Waals surface area contributed by atoms with Crippen LogP contribution in [0.3, 0.4) is 0 Å². The van der Waals surface area contributed by atoms with E-state index in [2.05, 4.69) is 34.9 Å². The van der Waals surface area contributed by atoms with Gasteiger partial charge in [-0.05, 0) is 49.4 Å². The van der Waals surface area contributed by atoms with E-state index in [1.165, 1.54) is 11.1 Å². The van der Waals surface area contributed by atoms with E-state index in [4.69, 9.17) is 9.47 Å². The Balaban J connectivity index is 1.41. The van der Waals surface area contributed by atoms with Gasteiger partial charge in [-0.1, -0.05) is 48.5 Å². The summed E-state index contributed by atoms with van der Waals surface area (Å²) in [5, 5.41) is 15.1. The Morgan fingerprint density at radius 3 is 2.13 bits per heavy atom. The summed E-state index contributed by atoms with van der Waals surface area (Å²) in [5.74, 6) is 0.00164. The topological polar surface area (TPSA) is 96.9 Å². The zero-order chi connectivity index (χ0) is 22.4. The van der Waals surface area contributed by atoms with Gasteiger partial charge in [0, 0.05) is 19.0 Å². The van der Waals surface area contributed by atoms with Crippen LogP contribution in [0.2, 0.25) is 0 Å². The lowest BCUT2D eigenvalue weighted by molar-refractivity contribution is 0.0487. The number of amides is 2. The van der Waals surface area contributed by atoms with Gasteiger partial charge in [0.05, 0.1) is 6.10 Å². The smallest absolute Gasteiger partial charge is 0.407 e. The first-order chi connectivity index (χ1) is 14.7. The molecule has 2 aromatic carbocycles. The van der Waals surface area contributed by atoms with Crippen LogP contribution in [-0.4, -0.2) is 48.7 Å². The van der Waals surface area contributed by atoms with Gasteiger partial charge in [-0.25, -0.2) is 9.59 Å². The van der Waals surface area contributed by atoms with Crippen LogP contribution in [0.5, 0.6) is 0 Å². The highest BCUT2D eigenvalue weighted by atomic mass is 16.6. The molecule has 0 fully saturated rings. The average Bonchev–Trinajstić information content (AvgIpc) is 3.03. The number of fused-ring (bicyclic) bond motifs is 3. The predicted octanol–water partition coefficient (Wildman–Crippen LogP) is 3.80. The van der Waals surface area contributed by atoms with Crippen LogP contribution < -0.4 is 10.6 Å². The molecule has 166 valence electrons. The van der Waals surface area contributed by atoms with Gasteiger partial charge >= 0.3 is 12.2 Å². The molecule has 0 heterocycles. The summed E-state index contributed by atoms with van der Waals surface area (Å²) in [5.41, 5.74) is 4.06. The number of carbonyl (C=O) groups excluding carboxylic acids is 2. The lowest BCUT2D eigenvalue weighted by atomic mass is 9.98. The molecular weight excluding hydrogens is 396 g/mol. The highest BCUT2D eigenvalue weighted by Crippen LogP contribution is 2.44. The summed E-state index contributed by atoms with van der Waals surface area (Å²) < 4.78 is 10.6. The summed E-state index contributed by atoms with van der Waals surface area (Å²) in [6.45, 7) is 5.81. The monoisotopic (exact) mass is 426 g/mol. The second kappa shape index (κ2) is 9.83. The maximum atomic E-state index is 12.1. The normalized spacial score (nSPS) is 13.7. The van der Waals surface area contributed by atoms with Crippen LogP contribution in [0.4, 0.5) is 9.59 Å². The Hall–Kier alpha value is -3.06. The van der Waals surface area contributed by atoms with E-state index in [-0.39, 0.29) is 32.0 Å². The van der Waals surface area contributed by atoms with Crippen molar-refractivity contribution in [3.63, 3.8) is 0 Å². The number of benzene rings is 2. The first kappa shape index (κ1) is 22.6. The molecule has 7 nitrogen and oxygen atoms in total. The Kier molecular flexibility index (Phi) is 7.17. The van der Waals surface area contributed by atoms with Crippen LogP contribution in [0.25, 0.3) is 11.1 Å². The molecule has 2 aromatic rings. The van der Waals surface area contributed by atoms with Gasteiger partial charge < -0.3 is 25.2 Å². The van der Waals surface area contributed by atoms with Gasteiger partial charge in [-0.2, -0.15) is 0 Å². The molecule has 31 heavy (non-hydrogen) atoms. The molecule has 0 aliphatic heterocycles. The maximum absolute atomic E-state index is 12.1. The molecule has 0 saturated carbocycles. The fraction of sp³-hybridized carbons (Fsp3) is 0.417. The molecule has 0 bridgehead atoms. The SMILES string of the molecule is CC(C)(C)OC(=O)NCC(O)CCNC(=O)OCC1c2ccccc2-c2ccccc21. The molecule has 0 spiro atoms. The number of hydrogen-bond acceptors (Lipinski definition) is 5. The van der Waals surface area contributed by atoms with Crippen molar-refractivity contribution in [2.45, 2.75) is 44.8 Å². The third-order valence-electron chi connectivity index (χ3n) is 4.97. The highest BCUT2D eigenvalue weighted by Gasteiger charge is 2.29. The van der Waals surface area contributed by atoms with Crippen LogP contribution in [0, 0.1) is 0 Å². The summed E-state index contributed by atoms with van der Waals surface area (Å²) in [6, 6.07) is 16.3. The number of ether oxygens (including phenoxy) is 2. The maximum Gasteiger partial charge on any atom is 0.407 e. The molecule has 0 aromatic heterocycles. The molecule has 1 unspecified atom stereocenters. The van der Waals surface area contributed by atoms with Gasteiger partial charge in [0.2, 0.25) is 0 Å².